The maximum Gasteiger partial charge on any atom is 0.356 e. The van der Waals surface area contributed by atoms with Gasteiger partial charge in [-0.05, 0) is 6.92 Å². The van der Waals surface area contributed by atoms with Crippen LogP contribution in [0.2, 0.25) is 0 Å². The van der Waals surface area contributed by atoms with Crippen LogP contribution in [0.4, 0.5) is 8.78 Å². The van der Waals surface area contributed by atoms with Gasteiger partial charge in [-0.25, -0.2) is 18.6 Å². The minimum absolute atomic E-state index is 0.00356. The van der Waals surface area contributed by atoms with Crippen LogP contribution in [0.1, 0.15) is 17.4 Å². The van der Waals surface area contributed by atoms with Crippen molar-refractivity contribution in [1.82, 2.24) is 4.98 Å². The highest BCUT2D eigenvalue weighted by atomic mass is 19.1. The molecule has 19 heavy (non-hydrogen) atoms. The fraction of sp³-hybridized carbons (Fsp3) is 0.231. The molecular formula is C13H11F2NO3. The predicted octanol–water partition coefficient (Wildman–Crippen LogP) is 2.70. The zero-order valence-corrected chi connectivity index (χ0v) is 10.4. The second-order valence-electron chi connectivity index (χ2n) is 3.71. The van der Waals surface area contributed by atoms with E-state index >= 15 is 0 Å². The molecule has 1 aromatic carbocycles. The number of nitrogens with zero attached hydrogens (tertiary/aromatic N) is 1. The first-order valence-electron chi connectivity index (χ1n) is 5.57. The van der Waals surface area contributed by atoms with E-state index in [0.717, 1.165) is 12.1 Å². The van der Waals surface area contributed by atoms with Crippen LogP contribution in [-0.4, -0.2) is 24.7 Å². The zero-order chi connectivity index (χ0) is 14.0. The number of carbonyl (C=O) groups excluding carboxylic acids is 1. The predicted molar refractivity (Wildman–Crippen MR) is 64.2 cm³/mol. The van der Waals surface area contributed by atoms with Crippen LogP contribution in [0.5, 0.6) is 5.75 Å². The number of hydrogen-bond acceptors (Lipinski definition) is 4. The molecule has 0 atom stereocenters. The smallest absolute Gasteiger partial charge is 0.356 e. The molecule has 2 rings (SSSR count). The lowest BCUT2D eigenvalue weighted by molar-refractivity contribution is 0.0594. The van der Waals surface area contributed by atoms with Gasteiger partial charge in [0.25, 0.3) is 0 Å². The Morgan fingerprint density at radius 2 is 2.05 bits per heavy atom. The Labute approximate surface area is 108 Å². The Morgan fingerprint density at radius 1 is 1.32 bits per heavy atom. The lowest BCUT2D eigenvalue weighted by atomic mass is 10.1. The van der Waals surface area contributed by atoms with Crippen LogP contribution in [-0.2, 0) is 4.74 Å². The fourth-order valence-corrected chi connectivity index (χ4v) is 1.73. The Bertz CT molecular complexity index is 643. The lowest BCUT2D eigenvalue weighted by Gasteiger charge is -2.10. The number of methoxy groups -OCH3 is 1. The average molecular weight is 267 g/mol. The van der Waals surface area contributed by atoms with Crippen molar-refractivity contribution in [3.63, 3.8) is 0 Å². The molecule has 100 valence electrons. The summed E-state index contributed by atoms with van der Waals surface area (Å²) in [4.78, 5) is 15.3. The molecule has 0 radical (unpaired) electrons. The second kappa shape index (κ2) is 5.17. The van der Waals surface area contributed by atoms with Crippen molar-refractivity contribution in [3.05, 3.63) is 35.5 Å². The van der Waals surface area contributed by atoms with Crippen molar-refractivity contribution in [1.29, 1.82) is 0 Å². The average Bonchev–Trinajstić information content (AvgIpc) is 2.36. The molecule has 4 nitrogen and oxygen atoms in total. The first-order valence-corrected chi connectivity index (χ1v) is 5.57. The van der Waals surface area contributed by atoms with Gasteiger partial charge < -0.3 is 9.47 Å². The highest BCUT2D eigenvalue weighted by Gasteiger charge is 2.17. The van der Waals surface area contributed by atoms with Gasteiger partial charge in [0.2, 0.25) is 0 Å². The van der Waals surface area contributed by atoms with Gasteiger partial charge >= 0.3 is 5.97 Å². The minimum atomic E-state index is -0.789. The van der Waals surface area contributed by atoms with Gasteiger partial charge in [0.15, 0.2) is 5.69 Å². The molecule has 0 aliphatic heterocycles. The number of esters is 1. The SMILES string of the molecule is CCOc1cc(C(=O)OC)nc2cc(F)cc(F)c12. The molecule has 0 fully saturated rings. The number of carbonyl (C=O) groups is 1. The topological polar surface area (TPSA) is 48.4 Å². The van der Waals surface area contributed by atoms with E-state index in [1.807, 2.05) is 0 Å². The molecule has 0 saturated carbocycles. The Hall–Kier alpha value is -2.24. The highest BCUT2D eigenvalue weighted by molar-refractivity contribution is 5.94. The molecule has 0 amide bonds. The number of pyridine rings is 1. The third-order valence-electron chi connectivity index (χ3n) is 2.48. The number of ether oxygens (including phenoxy) is 2. The summed E-state index contributed by atoms with van der Waals surface area (Å²) >= 11 is 0. The standard InChI is InChI=1S/C13H11F2NO3/c1-3-19-11-6-10(13(17)18-2)16-9-5-7(14)4-8(15)12(9)11/h4-6H,3H2,1-2H3. The van der Waals surface area contributed by atoms with Crippen molar-refractivity contribution >= 4 is 16.9 Å². The molecule has 0 unspecified atom stereocenters. The molecule has 6 heteroatoms. The van der Waals surface area contributed by atoms with E-state index in [-0.39, 0.29) is 29.0 Å². The van der Waals surface area contributed by atoms with Gasteiger partial charge in [-0.2, -0.15) is 0 Å². The molecule has 0 aliphatic rings. The third-order valence-corrected chi connectivity index (χ3v) is 2.48. The second-order valence-corrected chi connectivity index (χ2v) is 3.71. The zero-order valence-electron chi connectivity index (χ0n) is 10.4. The minimum Gasteiger partial charge on any atom is -0.493 e. The molecule has 0 saturated heterocycles. The largest absolute Gasteiger partial charge is 0.493 e. The van der Waals surface area contributed by atoms with E-state index in [1.165, 1.54) is 13.2 Å². The first kappa shape index (κ1) is 13.2. The fourth-order valence-electron chi connectivity index (χ4n) is 1.73. The van der Waals surface area contributed by atoms with E-state index in [1.54, 1.807) is 6.92 Å². The van der Waals surface area contributed by atoms with Gasteiger partial charge in [-0.15, -0.1) is 0 Å². The summed E-state index contributed by atoms with van der Waals surface area (Å²) in [5.74, 6) is -2.14. The third kappa shape index (κ3) is 2.47. The van der Waals surface area contributed by atoms with E-state index in [9.17, 15) is 13.6 Å². The van der Waals surface area contributed by atoms with Crippen LogP contribution in [0.15, 0.2) is 18.2 Å². The maximum absolute atomic E-state index is 13.8. The van der Waals surface area contributed by atoms with E-state index in [4.69, 9.17) is 4.74 Å². The van der Waals surface area contributed by atoms with Crippen LogP contribution in [0.3, 0.4) is 0 Å². The van der Waals surface area contributed by atoms with Crippen LogP contribution in [0, 0.1) is 11.6 Å². The van der Waals surface area contributed by atoms with Crippen molar-refractivity contribution in [2.75, 3.05) is 13.7 Å². The van der Waals surface area contributed by atoms with Crippen LogP contribution < -0.4 is 4.74 Å². The molecule has 2 aromatic rings. The quantitative estimate of drug-likeness (QED) is 0.802. The van der Waals surface area contributed by atoms with E-state index < -0.39 is 17.6 Å². The number of aromatic nitrogens is 1. The Kier molecular flexibility index (Phi) is 3.59. The van der Waals surface area contributed by atoms with Crippen LogP contribution >= 0.6 is 0 Å². The summed E-state index contributed by atoms with van der Waals surface area (Å²) in [6, 6.07) is 3.05. The van der Waals surface area contributed by atoms with Crippen molar-refractivity contribution in [3.8, 4) is 5.75 Å². The number of halogens is 2. The summed E-state index contributed by atoms with van der Waals surface area (Å²) in [6.07, 6.45) is 0. The molecule has 0 spiro atoms. The molecule has 1 aromatic heterocycles. The van der Waals surface area contributed by atoms with E-state index in [0.29, 0.717) is 0 Å². The summed E-state index contributed by atoms with van der Waals surface area (Å²) in [5, 5.41) is 0.0379. The van der Waals surface area contributed by atoms with Crippen molar-refractivity contribution in [2.45, 2.75) is 6.92 Å². The molecule has 0 aliphatic carbocycles. The van der Waals surface area contributed by atoms with Gasteiger partial charge in [-0.3, -0.25) is 0 Å². The number of hydrogen-bond donors (Lipinski definition) is 0. The van der Waals surface area contributed by atoms with Gasteiger partial charge in [0, 0.05) is 18.2 Å². The van der Waals surface area contributed by atoms with Crippen molar-refractivity contribution < 1.29 is 23.0 Å². The number of fused-ring (bicyclic) bond motifs is 1. The highest BCUT2D eigenvalue weighted by Crippen LogP contribution is 2.29. The Balaban J connectivity index is 2.75. The summed E-state index contributed by atoms with van der Waals surface area (Å²) in [6.45, 7) is 1.99. The molecule has 0 N–H and O–H groups in total. The number of rotatable bonds is 3. The monoisotopic (exact) mass is 267 g/mol. The maximum atomic E-state index is 13.8. The molecule has 0 bridgehead atoms. The van der Waals surface area contributed by atoms with Crippen molar-refractivity contribution in [2.24, 2.45) is 0 Å². The first-order chi connectivity index (χ1) is 9.06. The number of benzene rings is 1. The molecular weight excluding hydrogens is 256 g/mol. The van der Waals surface area contributed by atoms with Crippen LogP contribution in [0.25, 0.3) is 10.9 Å². The summed E-state index contributed by atoms with van der Waals surface area (Å²) < 4.78 is 36.8. The lowest BCUT2D eigenvalue weighted by Crippen LogP contribution is -2.06. The van der Waals surface area contributed by atoms with Gasteiger partial charge in [-0.1, -0.05) is 0 Å². The van der Waals surface area contributed by atoms with E-state index in [2.05, 4.69) is 9.72 Å². The summed E-state index contributed by atoms with van der Waals surface area (Å²) in [5.41, 5.74) is -0.0627. The molecule has 1 heterocycles. The summed E-state index contributed by atoms with van der Waals surface area (Å²) in [7, 11) is 1.20. The van der Waals surface area contributed by atoms with Gasteiger partial charge in [0.05, 0.1) is 24.6 Å². The Morgan fingerprint density at radius 3 is 2.68 bits per heavy atom. The van der Waals surface area contributed by atoms with Gasteiger partial charge in [0.1, 0.15) is 17.4 Å². The normalized spacial score (nSPS) is 10.5.